The molecule has 0 N–H and O–H groups in total. The molecule has 146 valence electrons. The lowest BCUT2D eigenvalue weighted by atomic mass is 10.2. The number of morpholine rings is 1. The van der Waals surface area contributed by atoms with Crippen LogP contribution in [0.25, 0.3) is 10.6 Å². The van der Waals surface area contributed by atoms with Crippen LogP contribution in [0.2, 0.25) is 0 Å². The number of carbonyl (C=O) groups excluding carboxylic acids is 1. The standard InChI is InChI=1S/C21H22N2O3S2/c1-15-19(28-20(22-15)17-7-10-27-14-17)21(24)26-13-18-12-23(8-9-25-18)11-16-5-3-2-4-6-16/h2-7,10,14,18H,8-9,11-13H2,1H3. The predicted molar refractivity (Wildman–Crippen MR) is 112 cm³/mol. The summed E-state index contributed by atoms with van der Waals surface area (Å²) >= 11 is 3.00. The molecule has 1 saturated heterocycles. The summed E-state index contributed by atoms with van der Waals surface area (Å²) in [6.45, 7) is 5.28. The summed E-state index contributed by atoms with van der Waals surface area (Å²) in [5.74, 6) is -0.319. The number of rotatable bonds is 6. The van der Waals surface area contributed by atoms with Gasteiger partial charge in [-0.25, -0.2) is 9.78 Å². The fraction of sp³-hybridized carbons (Fsp3) is 0.333. The number of benzene rings is 1. The molecule has 7 heteroatoms. The molecular weight excluding hydrogens is 392 g/mol. The van der Waals surface area contributed by atoms with E-state index in [4.69, 9.17) is 9.47 Å². The second-order valence-corrected chi connectivity index (χ2v) is 8.54. The topological polar surface area (TPSA) is 51.7 Å². The fourth-order valence-electron chi connectivity index (χ4n) is 3.20. The maximum Gasteiger partial charge on any atom is 0.350 e. The molecule has 3 heterocycles. The largest absolute Gasteiger partial charge is 0.459 e. The zero-order chi connectivity index (χ0) is 19.3. The van der Waals surface area contributed by atoms with Crippen molar-refractivity contribution in [3.8, 4) is 10.6 Å². The third-order valence-electron chi connectivity index (χ3n) is 4.62. The average Bonchev–Trinajstić information content (AvgIpc) is 3.37. The molecule has 2 aromatic heterocycles. The maximum absolute atomic E-state index is 12.5. The fourth-order valence-corrected chi connectivity index (χ4v) is 4.87. The van der Waals surface area contributed by atoms with E-state index in [-0.39, 0.29) is 18.7 Å². The number of nitrogens with zero attached hydrogens (tertiary/aromatic N) is 2. The molecule has 1 aliphatic heterocycles. The molecule has 28 heavy (non-hydrogen) atoms. The molecule has 0 bridgehead atoms. The highest BCUT2D eigenvalue weighted by Gasteiger charge is 2.24. The number of carbonyl (C=O) groups is 1. The molecule has 0 aliphatic carbocycles. The Hall–Kier alpha value is -2.06. The van der Waals surface area contributed by atoms with Gasteiger partial charge in [0, 0.05) is 30.6 Å². The van der Waals surface area contributed by atoms with E-state index < -0.39 is 0 Å². The molecule has 0 amide bonds. The van der Waals surface area contributed by atoms with E-state index in [1.165, 1.54) is 16.9 Å². The lowest BCUT2D eigenvalue weighted by molar-refractivity contribution is -0.0611. The van der Waals surface area contributed by atoms with Crippen LogP contribution in [0.3, 0.4) is 0 Å². The number of thiazole rings is 1. The minimum atomic E-state index is -0.319. The van der Waals surface area contributed by atoms with Crippen molar-refractivity contribution >= 4 is 28.6 Å². The second kappa shape index (κ2) is 8.96. The summed E-state index contributed by atoms with van der Waals surface area (Å²) in [5, 5.41) is 4.89. The van der Waals surface area contributed by atoms with Crippen LogP contribution in [0, 0.1) is 6.92 Å². The molecule has 1 aliphatic rings. The molecule has 1 atom stereocenters. The molecule has 1 aromatic carbocycles. The van der Waals surface area contributed by atoms with Crippen molar-refractivity contribution in [1.29, 1.82) is 0 Å². The first-order chi connectivity index (χ1) is 13.7. The van der Waals surface area contributed by atoms with Gasteiger partial charge in [0.25, 0.3) is 0 Å². The minimum Gasteiger partial charge on any atom is -0.459 e. The van der Waals surface area contributed by atoms with E-state index in [9.17, 15) is 4.79 Å². The minimum absolute atomic E-state index is 0.106. The van der Waals surface area contributed by atoms with Gasteiger partial charge >= 0.3 is 5.97 Å². The first-order valence-electron chi connectivity index (χ1n) is 9.24. The zero-order valence-electron chi connectivity index (χ0n) is 15.7. The van der Waals surface area contributed by atoms with E-state index >= 15 is 0 Å². The van der Waals surface area contributed by atoms with E-state index in [0.717, 1.165) is 30.2 Å². The Labute approximate surface area is 172 Å². The molecular formula is C21H22N2O3S2. The van der Waals surface area contributed by atoms with Crippen molar-refractivity contribution < 1.29 is 14.3 Å². The van der Waals surface area contributed by atoms with Gasteiger partial charge in [0.2, 0.25) is 0 Å². The van der Waals surface area contributed by atoms with E-state index in [1.807, 2.05) is 29.8 Å². The first kappa shape index (κ1) is 19.3. The molecule has 0 radical (unpaired) electrons. The Morgan fingerprint density at radius 1 is 1.32 bits per heavy atom. The number of ether oxygens (including phenoxy) is 2. The average molecular weight is 415 g/mol. The maximum atomic E-state index is 12.5. The molecule has 3 aromatic rings. The first-order valence-corrected chi connectivity index (χ1v) is 11.0. The molecule has 5 nitrogen and oxygen atoms in total. The molecule has 0 saturated carbocycles. The third kappa shape index (κ3) is 4.67. The summed E-state index contributed by atoms with van der Waals surface area (Å²) in [4.78, 5) is 20.0. The summed E-state index contributed by atoms with van der Waals surface area (Å²) in [5.41, 5.74) is 3.04. The smallest absolute Gasteiger partial charge is 0.350 e. The summed E-state index contributed by atoms with van der Waals surface area (Å²) in [6.07, 6.45) is -0.106. The van der Waals surface area contributed by atoms with E-state index in [2.05, 4.69) is 34.1 Å². The lowest BCUT2D eigenvalue weighted by Crippen LogP contribution is -2.44. The van der Waals surface area contributed by atoms with Crippen LogP contribution in [0.5, 0.6) is 0 Å². The molecule has 0 spiro atoms. The van der Waals surface area contributed by atoms with Crippen LogP contribution in [0.15, 0.2) is 47.2 Å². The third-order valence-corrected chi connectivity index (χ3v) is 6.49. The number of hydrogen-bond donors (Lipinski definition) is 0. The van der Waals surface area contributed by atoms with Gasteiger partial charge in [-0.3, -0.25) is 4.90 Å². The number of hydrogen-bond acceptors (Lipinski definition) is 7. The van der Waals surface area contributed by atoms with Crippen LogP contribution >= 0.6 is 22.7 Å². The number of esters is 1. The van der Waals surface area contributed by atoms with Crippen LogP contribution in [0.4, 0.5) is 0 Å². The quantitative estimate of drug-likeness (QED) is 0.565. The van der Waals surface area contributed by atoms with Gasteiger partial charge in [0.15, 0.2) is 0 Å². The number of aryl methyl sites for hydroxylation is 1. The van der Waals surface area contributed by atoms with Crippen LogP contribution in [-0.4, -0.2) is 48.3 Å². The van der Waals surface area contributed by atoms with Crippen molar-refractivity contribution in [1.82, 2.24) is 9.88 Å². The van der Waals surface area contributed by atoms with Crippen LogP contribution in [0.1, 0.15) is 20.9 Å². The van der Waals surface area contributed by atoms with Gasteiger partial charge < -0.3 is 9.47 Å². The van der Waals surface area contributed by atoms with Gasteiger partial charge in [0.1, 0.15) is 22.6 Å². The van der Waals surface area contributed by atoms with Crippen molar-refractivity contribution in [3.05, 3.63) is 63.3 Å². The Morgan fingerprint density at radius 2 is 2.18 bits per heavy atom. The monoisotopic (exact) mass is 414 g/mol. The highest BCUT2D eigenvalue weighted by molar-refractivity contribution is 7.17. The SMILES string of the molecule is Cc1nc(-c2ccsc2)sc1C(=O)OCC1CN(Cc2ccccc2)CCO1. The number of thiophene rings is 1. The summed E-state index contributed by atoms with van der Waals surface area (Å²) in [7, 11) is 0. The highest BCUT2D eigenvalue weighted by atomic mass is 32.1. The lowest BCUT2D eigenvalue weighted by Gasteiger charge is -2.32. The Balaban J connectivity index is 1.32. The van der Waals surface area contributed by atoms with Gasteiger partial charge in [-0.1, -0.05) is 30.3 Å². The van der Waals surface area contributed by atoms with Crippen LogP contribution in [-0.2, 0) is 16.0 Å². The van der Waals surface area contributed by atoms with E-state index in [0.29, 0.717) is 17.2 Å². The van der Waals surface area contributed by atoms with Gasteiger partial charge in [-0.15, -0.1) is 11.3 Å². The number of aromatic nitrogens is 1. The van der Waals surface area contributed by atoms with Crippen molar-refractivity contribution in [2.75, 3.05) is 26.3 Å². The van der Waals surface area contributed by atoms with Crippen molar-refractivity contribution in [3.63, 3.8) is 0 Å². The Bertz CT molecular complexity index is 909. The highest BCUT2D eigenvalue weighted by Crippen LogP contribution is 2.29. The Morgan fingerprint density at radius 3 is 2.96 bits per heavy atom. The molecule has 1 fully saturated rings. The molecule has 1 unspecified atom stereocenters. The predicted octanol–water partition coefficient (Wildman–Crippen LogP) is 4.24. The van der Waals surface area contributed by atoms with Crippen molar-refractivity contribution in [2.45, 2.75) is 19.6 Å². The Kier molecular flexibility index (Phi) is 6.17. The second-order valence-electron chi connectivity index (χ2n) is 6.76. The normalized spacial score (nSPS) is 17.5. The van der Waals surface area contributed by atoms with Crippen LogP contribution < -0.4 is 0 Å². The van der Waals surface area contributed by atoms with Gasteiger partial charge in [0.05, 0.1) is 12.3 Å². The summed E-state index contributed by atoms with van der Waals surface area (Å²) in [6, 6.07) is 12.4. The van der Waals surface area contributed by atoms with Gasteiger partial charge in [-0.05, 0) is 23.9 Å². The molecule has 4 rings (SSSR count). The summed E-state index contributed by atoms with van der Waals surface area (Å²) < 4.78 is 11.4. The van der Waals surface area contributed by atoms with Gasteiger partial charge in [-0.2, -0.15) is 11.3 Å². The van der Waals surface area contributed by atoms with Crippen molar-refractivity contribution in [2.24, 2.45) is 0 Å². The van der Waals surface area contributed by atoms with E-state index in [1.54, 1.807) is 11.3 Å². The zero-order valence-corrected chi connectivity index (χ0v) is 17.3.